The van der Waals surface area contributed by atoms with Crippen molar-refractivity contribution in [2.24, 2.45) is 0 Å². The molecular formula is C46H85NO8P+. The highest BCUT2D eigenvalue weighted by atomic mass is 31.2. The maximum atomic E-state index is 12.7. The molecule has 0 aliphatic carbocycles. The number of carbonyl (C=O) groups is 2. The van der Waals surface area contributed by atoms with Crippen LogP contribution in [-0.2, 0) is 32.7 Å². The van der Waals surface area contributed by atoms with Crippen LogP contribution >= 0.6 is 7.82 Å². The zero-order chi connectivity index (χ0) is 41.4. The third-order valence-corrected chi connectivity index (χ3v) is 10.3. The Balaban J connectivity index is 4.43. The van der Waals surface area contributed by atoms with E-state index in [9.17, 15) is 19.0 Å². The zero-order valence-corrected chi connectivity index (χ0v) is 37.5. The molecule has 0 aromatic heterocycles. The van der Waals surface area contributed by atoms with Crippen molar-refractivity contribution in [1.82, 2.24) is 0 Å². The number of phosphoric ester groups is 1. The van der Waals surface area contributed by atoms with Gasteiger partial charge in [0.25, 0.3) is 0 Å². The van der Waals surface area contributed by atoms with E-state index in [1.165, 1.54) is 103 Å². The van der Waals surface area contributed by atoms with Crippen LogP contribution in [0.3, 0.4) is 0 Å². The molecule has 0 rings (SSSR count). The van der Waals surface area contributed by atoms with Crippen molar-refractivity contribution in [3.05, 3.63) is 48.6 Å². The van der Waals surface area contributed by atoms with Crippen molar-refractivity contribution in [3.63, 3.8) is 0 Å². The van der Waals surface area contributed by atoms with E-state index >= 15 is 0 Å². The van der Waals surface area contributed by atoms with Gasteiger partial charge in [-0.05, 0) is 51.4 Å². The molecule has 0 bridgehead atoms. The Kier molecular flexibility index (Phi) is 37.1. The molecular weight excluding hydrogens is 725 g/mol. The molecule has 2 atom stereocenters. The molecule has 0 aromatic carbocycles. The Hall–Kier alpha value is -2.03. The van der Waals surface area contributed by atoms with E-state index in [0.29, 0.717) is 17.4 Å². The number of nitrogens with zero attached hydrogens (tertiary/aromatic N) is 1. The Morgan fingerprint density at radius 2 is 0.982 bits per heavy atom. The van der Waals surface area contributed by atoms with E-state index in [0.717, 1.165) is 44.9 Å². The number of rotatable bonds is 40. The molecule has 0 spiro atoms. The number of likely N-dealkylation sites (N-methyl/N-ethyl adjacent to an activating group) is 1. The molecule has 0 aliphatic rings. The van der Waals surface area contributed by atoms with Crippen LogP contribution in [0.4, 0.5) is 0 Å². The fourth-order valence-corrected chi connectivity index (χ4v) is 6.57. The summed E-state index contributed by atoms with van der Waals surface area (Å²) in [7, 11) is 1.44. The summed E-state index contributed by atoms with van der Waals surface area (Å²) >= 11 is 0. The number of hydrogen-bond donors (Lipinski definition) is 1. The first-order chi connectivity index (χ1) is 27.0. The molecule has 326 valence electrons. The highest BCUT2D eigenvalue weighted by Gasteiger charge is 2.27. The molecule has 1 N–H and O–H groups in total. The smallest absolute Gasteiger partial charge is 0.462 e. The van der Waals surface area contributed by atoms with Gasteiger partial charge in [-0.15, -0.1) is 0 Å². The average molecular weight is 811 g/mol. The largest absolute Gasteiger partial charge is 0.472 e. The number of allylic oxidation sites excluding steroid dienone is 8. The molecule has 0 fully saturated rings. The lowest BCUT2D eigenvalue weighted by Gasteiger charge is -2.24. The van der Waals surface area contributed by atoms with E-state index in [4.69, 9.17) is 18.5 Å². The van der Waals surface area contributed by atoms with Gasteiger partial charge in [-0.1, -0.05) is 165 Å². The van der Waals surface area contributed by atoms with Gasteiger partial charge in [-0.25, -0.2) is 4.57 Å². The minimum Gasteiger partial charge on any atom is -0.462 e. The predicted molar refractivity (Wildman–Crippen MR) is 233 cm³/mol. The first-order valence-corrected chi connectivity index (χ1v) is 23.9. The van der Waals surface area contributed by atoms with Crippen molar-refractivity contribution >= 4 is 19.8 Å². The molecule has 1 unspecified atom stereocenters. The van der Waals surface area contributed by atoms with Crippen molar-refractivity contribution < 1.29 is 42.1 Å². The summed E-state index contributed by atoms with van der Waals surface area (Å²) in [5.41, 5.74) is 0. The number of ether oxygens (including phenoxy) is 2. The van der Waals surface area contributed by atoms with Gasteiger partial charge in [-0.2, -0.15) is 0 Å². The van der Waals surface area contributed by atoms with Crippen LogP contribution in [-0.4, -0.2) is 74.9 Å². The molecule has 56 heavy (non-hydrogen) atoms. The second-order valence-corrected chi connectivity index (χ2v) is 17.5. The molecule has 0 saturated carbocycles. The van der Waals surface area contributed by atoms with Crippen molar-refractivity contribution in [3.8, 4) is 0 Å². The summed E-state index contributed by atoms with van der Waals surface area (Å²) in [4.78, 5) is 35.3. The van der Waals surface area contributed by atoms with Crippen LogP contribution in [0.1, 0.15) is 181 Å². The number of phosphoric acid groups is 1. The van der Waals surface area contributed by atoms with E-state index < -0.39 is 26.5 Å². The SMILES string of the molecule is CCCCCCCCC/C=C/C/C=C/C/C=C/C/C=C/CCCC(=O)O[C@H](COC(=O)CCCCCCCCCCCCC)COP(=O)(O)OCC[N+](C)(C)C. The fourth-order valence-electron chi connectivity index (χ4n) is 5.83. The summed E-state index contributed by atoms with van der Waals surface area (Å²) in [6, 6.07) is 0. The number of carbonyl (C=O) groups excluding carboxylic acids is 2. The maximum absolute atomic E-state index is 12.7. The average Bonchev–Trinajstić information content (AvgIpc) is 3.15. The van der Waals surface area contributed by atoms with Gasteiger partial charge in [0.05, 0.1) is 27.7 Å². The number of esters is 2. The molecule has 0 aromatic rings. The first-order valence-electron chi connectivity index (χ1n) is 22.4. The molecule has 0 aliphatic heterocycles. The van der Waals surface area contributed by atoms with Crippen LogP contribution in [0.5, 0.6) is 0 Å². The lowest BCUT2D eigenvalue weighted by atomic mass is 10.1. The number of hydrogen-bond acceptors (Lipinski definition) is 7. The summed E-state index contributed by atoms with van der Waals surface area (Å²) in [5.74, 6) is -0.864. The second-order valence-electron chi connectivity index (χ2n) is 16.1. The Morgan fingerprint density at radius 1 is 0.554 bits per heavy atom. The van der Waals surface area contributed by atoms with E-state index in [2.05, 4.69) is 62.5 Å². The molecule has 0 amide bonds. The van der Waals surface area contributed by atoms with Gasteiger partial charge in [-0.3, -0.25) is 18.6 Å². The molecule has 0 saturated heterocycles. The molecule has 0 radical (unpaired) electrons. The maximum Gasteiger partial charge on any atom is 0.472 e. The van der Waals surface area contributed by atoms with E-state index in [-0.39, 0.29) is 32.0 Å². The molecule has 9 nitrogen and oxygen atoms in total. The van der Waals surface area contributed by atoms with Crippen molar-refractivity contribution in [1.29, 1.82) is 0 Å². The van der Waals surface area contributed by atoms with Gasteiger partial charge in [0.2, 0.25) is 0 Å². The lowest BCUT2D eigenvalue weighted by Crippen LogP contribution is -2.37. The Morgan fingerprint density at radius 3 is 1.48 bits per heavy atom. The van der Waals surface area contributed by atoms with Crippen LogP contribution in [0.15, 0.2) is 48.6 Å². The Labute approximate surface area is 343 Å². The quantitative estimate of drug-likeness (QED) is 0.0214. The molecule has 0 heterocycles. The van der Waals surface area contributed by atoms with Crippen molar-refractivity contribution in [2.45, 2.75) is 187 Å². The summed E-state index contributed by atoms with van der Waals surface area (Å²) in [5, 5.41) is 0. The molecule has 10 heteroatoms. The summed E-state index contributed by atoms with van der Waals surface area (Å²) in [6.45, 7) is 4.34. The summed E-state index contributed by atoms with van der Waals surface area (Å²) < 4.78 is 34.2. The normalized spacial score (nSPS) is 14.0. The van der Waals surface area contributed by atoms with Gasteiger partial charge in [0, 0.05) is 12.8 Å². The van der Waals surface area contributed by atoms with Crippen LogP contribution < -0.4 is 0 Å². The topological polar surface area (TPSA) is 108 Å². The van der Waals surface area contributed by atoms with Crippen LogP contribution in [0.2, 0.25) is 0 Å². The summed E-state index contributed by atoms with van der Waals surface area (Å²) in [6.07, 6.45) is 44.6. The van der Waals surface area contributed by atoms with Crippen LogP contribution in [0.25, 0.3) is 0 Å². The second kappa shape index (κ2) is 38.5. The number of quaternary nitrogens is 1. The lowest BCUT2D eigenvalue weighted by molar-refractivity contribution is -0.870. The van der Waals surface area contributed by atoms with Crippen LogP contribution in [0, 0.1) is 0 Å². The highest BCUT2D eigenvalue weighted by molar-refractivity contribution is 7.47. The minimum atomic E-state index is -4.39. The Bertz CT molecular complexity index is 1100. The predicted octanol–water partition coefficient (Wildman–Crippen LogP) is 12.7. The number of unbranched alkanes of at least 4 members (excludes halogenated alkanes) is 18. The standard InChI is InChI=1S/C46H84NO8P/c1-6-8-10-12-14-16-18-19-20-21-22-23-24-25-26-27-29-31-33-35-37-39-46(49)55-44(43-54-56(50,51)53-41-40-47(3,4)5)42-52-45(48)38-36-34-32-30-28-17-15-13-11-9-7-2/h20-21,23-24,26-27,31,33,44H,6-19,22,25,28-30,32,34-43H2,1-5H3/p+1/b21-20+,24-23+,27-26+,33-31+/t44-/m1/s1. The van der Waals surface area contributed by atoms with E-state index in [1.807, 2.05) is 21.1 Å². The monoisotopic (exact) mass is 811 g/mol. The van der Waals surface area contributed by atoms with E-state index in [1.54, 1.807) is 0 Å². The van der Waals surface area contributed by atoms with Crippen molar-refractivity contribution in [2.75, 3.05) is 47.5 Å². The van der Waals surface area contributed by atoms with Gasteiger partial charge >= 0.3 is 19.8 Å². The highest BCUT2D eigenvalue weighted by Crippen LogP contribution is 2.43. The third kappa shape index (κ3) is 41.6. The fraction of sp³-hybridized carbons (Fsp3) is 0.783. The zero-order valence-electron chi connectivity index (χ0n) is 36.6. The van der Waals surface area contributed by atoms with Gasteiger partial charge in [0.1, 0.15) is 19.8 Å². The van der Waals surface area contributed by atoms with Gasteiger partial charge in [0.15, 0.2) is 6.10 Å². The van der Waals surface area contributed by atoms with Gasteiger partial charge < -0.3 is 18.9 Å². The minimum absolute atomic E-state index is 0.0212. The first kappa shape index (κ1) is 54.0. The third-order valence-electron chi connectivity index (χ3n) is 9.36.